The summed E-state index contributed by atoms with van der Waals surface area (Å²) in [6.45, 7) is 0. The zero-order chi connectivity index (χ0) is 26.4. The van der Waals surface area contributed by atoms with Gasteiger partial charge in [0, 0.05) is 39.6 Å². The fourth-order valence-corrected chi connectivity index (χ4v) is 4.99. The minimum atomic E-state index is -3.10. The second kappa shape index (κ2) is 8.99. The Morgan fingerprint density at radius 3 is 1.62 bits per heavy atom. The number of rotatable bonds is 4. The highest BCUT2D eigenvalue weighted by Gasteiger charge is 2.44. The fourth-order valence-electron chi connectivity index (χ4n) is 4.99. The van der Waals surface area contributed by atoms with Gasteiger partial charge >= 0.3 is 0 Å². The number of alkyl halides is 2. The number of nitrogens with one attached hydrogen (secondary N) is 2. The van der Waals surface area contributed by atoms with E-state index < -0.39 is 5.92 Å². The van der Waals surface area contributed by atoms with E-state index in [1.807, 2.05) is 72.8 Å². The summed E-state index contributed by atoms with van der Waals surface area (Å²) in [6.07, 6.45) is 5.51. The summed E-state index contributed by atoms with van der Waals surface area (Å²) in [6, 6.07) is 29.3. The molecule has 0 atom stereocenters. The van der Waals surface area contributed by atoms with Crippen molar-refractivity contribution < 1.29 is 8.78 Å². The van der Waals surface area contributed by atoms with Crippen LogP contribution in [0.3, 0.4) is 0 Å². The monoisotopic (exact) mass is 513 g/mol. The minimum absolute atomic E-state index is 0.0103. The smallest absolute Gasteiger partial charge is 0.299 e. The van der Waals surface area contributed by atoms with Crippen LogP contribution in [-0.2, 0) is 5.92 Å². The highest BCUT2D eigenvalue weighted by atomic mass is 19.3. The van der Waals surface area contributed by atoms with Crippen molar-refractivity contribution in [1.82, 2.24) is 25.8 Å². The summed E-state index contributed by atoms with van der Waals surface area (Å²) < 4.78 is 31.0. The summed E-state index contributed by atoms with van der Waals surface area (Å²) in [5.41, 5.74) is 10.9. The van der Waals surface area contributed by atoms with Crippen LogP contribution in [0.5, 0.6) is 0 Å². The van der Waals surface area contributed by atoms with Crippen molar-refractivity contribution in [3.63, 3.8) is 0 Å². The fraction of sp³-hybridized carbons (Fsp3) is 0.0312. The second-order valence-electron chi connectivity index (χ2n) is 9.34. The quantitative estimate of drug-likeness (QED) is 0.272. The van der Waals surface area contributed by atoms with Crippen LogP contribution in [-0.4, -0.2) is 15.0 Å². The normalized spacial score (nSPS) is 14.6. The number of nitrogens with zero attached hydrogens (tertiary/aromatic N) is 3. The van der Waals surface area contributed by atoms with Gasteiger partial charge in [-0.05, 0) is 35.4 Å². The van der Waals surface area contributed by atoms with E-state index in [2.05, 4.69) is 10.9 Å². The first-order chi connectivity index (χ1) is 19.1. The third-order valence-electron chi connectivity index (χ3n) is 6.92. The number of hydrogen-bond acceptors (Lipinski definition) is 5. The van der Waals surface area contributed by atoms with Gasteiger partial charge in [-0.2, -0.15) is 8.78 Å². The Morgan fingerprint density at radius 2 is 1.08 bits per heavy atom. The van der Waals surface area contributed by atoms with Crippen LogP contribution in [0.15, 0.2) is 115 Å². The van der Waals surface area contributed by atoms with Crippen LogP contribution in [0, 0.1) is 0 Å². The second-order valence-corrected chi connectivity index (χ2v) is 9.34. The topological polar surface area (TPSA) is 62.7 Å². The molecule has 0 unspecified atom stereocenters. The van der Waals surface area contributed by atoms with E-state index >= 15 is 8.78 Å². The average molecular weight is 514 g/mol. The van der Waals surface area contributed by atoms with Gasteiger partial charge < -0.3 is 10.9 Å². The van der Waals surface area contributed by atoms with Crippen LogP contribution in [0.4, 0.5) is 8.78 Å². The molecule has 39 heavy (non-hydrogen) atoms. The number of benzene rings is 4. The van der Waals surface area contributed by atoms with E-state index in [0.29, 0.717) is 34.2 Å². The predicted octanol–water partition coefficient (Wildman–Crippen LogP) is 6.96. The van der Waals surface area contributed by atoms with E-state index in [-0.39, 0.29) is 11.1 Å². The first kappa shape index (κ1) is 23.0. The van der Waals surface area contributed by atoms with Crippen molar-refractivity contribution >= 4 is 5.70 Å². The summed E-state index contributed by atoms with van der Waals surface area (Å²) >= 11 is 0. The molecule has 1 aliphatic heterocycles. The van der Waals surface area contributed by atoms with Crippen molar-refractivity contribution in [1.29, 1.82) is 0 Å². The lowest BCUT2D eigenvalue weighted by atomic mass is 9.99. The van der Waals surface area contributed by atoms with E-state index in [9.17, 15) is 0 Å². The lowest BCUT2D eigenvalue weighted by molar-refractivity contribution is 0.0480. The minimum Gasteiger partial charge on any atom is -0.308 e. The SMILES string of the molecule is FC1(F)c2ccc(C3=CC=CNN3)cc2-c2cc(-c3nc(-c4ccccc4)nc(-c4ccccc4)n3)ccc21. The van der Waals surface area contributed by atoms with Crippen LogP contribution in [0.25, 0.3) is 51.0 Å². The molecule has 0 bridgehead atoms. The number of hydrogen-bond donors (Lipinski definition) is 2. The highest BCUT2D eigenvalue weighted by Crippen LogP contribution is 2.52. The maximum absolute atomic E-state index is 15.5. The van der Waals surface area contributed by atoms with Gasteiger partial charge in [-0.25, -0.2) is 15.0 Å². The largest absolute Gasteiger partial charge is 0.308 e. The van der Waals surface area contributed by atoms with Crippen molar-refractivity contribution in [2.45, 2.75) is 5.92 Å². The van der Waals surface area contributed by atoms with Crippen molar-refractivity contribution in [3.05, 3.63) is 132 Å². The molecule has 2 N–H and O–H groups in total. The first-order valence-corrected chi connectivity index (χ1v) is 12.5. The van der Waals surface area contributed by atoms with Gasteiger partial charge in [0.2, 0.25) is 0 Å². The first-order valence-electron chi connectivity index (χ1n) is 12.5. The number of hydrazine groups is 1. The summed E-state index contributed by atoms with van der Waals surface area (Å²) in [5.74, 6) is -1.64. The Labute approximate surface area is 223 Å². The van der Waals surface area contributed by atoms with Crippen LogP contribution >= 0.6 is 0 Å². The van der Waals surface area contributed by atoms with E-state index in [1.54, 1.807) is 30.5 Å². The molecule has 0 fully saturated rings. The average Bonchev–Trinajstić information content (AvgIpc) is 3.23. The molecule has 7 heteroatoms. The zero-order valence-electron chi connectivity index (χ0n) is 20.6. The van der Waals surface area contributed by atoms with Crippen molar-refractivity contribution in [3.8, 4) is 45.3 Å². The molecular weight excluding hydrogens is 492 g/mol. The molecule has 0 spiro atoms. The lowest BCUT2D eigenvalue weighted by Gasteiger charge is -2.16. The Kier molecular flexibility index (Phi) is 5.30. The maximum atomic E-state index is 15.5. The van der Waals surface area contributed by atoms with Crippen molar-refractivity contribution in [2.24, 2.45) is 0 Å². The van der Waals surface area contributed by atoms with E-state index in [1.165, 1.54) is 12.1 Å². The summed E-state index contributed by atoms with van der Waals surface area (Å²) in [4.78, 5) is 14.3. The maximum Gasteiger partial charge on any atom is 0.299 e. The zero-order valence-corrected chi connectivity index (χ0v) is 20.6. The van der Waals surface area contributed by atoms with Crippen LogP contribution < -0.4 is 10.9 Å². The summed E-state index contributed by atoms with van der Waals surface area (Å²) in [5, 5.41) is 0. The van der Waals surface area contributed by atoms with Gasteiger partial charge in [0.15, 0.2) is 17.5 Å². The predicted molar refractivity (Wildman–Crippen MR) is 148 cm³/mol. The molecule has 5 aromatic rings. The van der Waals surface area contributed by atoms with Gasteiger partial charge in [-0.1, -0.05) is 84.9 Å². The van der Waals surface area contributed by atoms with Crippen molar-refractivity contribution in [2.75, 3.05) is 0 Å². The number of allylic oxidation sites excluding steroid dienone is 2. The lowest BCUT2D eigenvalue weighted by Crippen LogP contribution is -2.26. The molecule has 0 radical (unpaired) electrons. The molecule has 0 saturated heterocycles. The molecule has 2 aliphatic rings. The van der Waals surface area contributed by atoms with Gasteiger partial charge in [0.1, 0.15) is 0 Å². The van der Waals surface area contributed by atoms with Gasteiger partial charge in [0.25, 0.3) is 5.92 Å². The molecule has 5 nitrogen and oxygen atoms in total. The Hall–Kier alpha value is -5.17. The van der Waals surface area contributed by atoms with E-state index in [0.717, 1.165) is 22.4 Å². The number of aromatic nitrogens is 3. The van der Waals surface area contributed by atoms with E-state index in [4.69, 9.17) is 15.0 Å². The molecule has 0 saturated carbocycles. The summed E-state index contributed by atoms with van der Waals surface area (Å²) in [7, 11) is 0. The number of fused-ring (bicyclic) bond motifs is 3. The molecule has 7 rings (SSSR count). The molecular formula is C32H21F2N5. The molecule has 0 amide bonds. The Morgan fingerprint density at radius 1 is 0.564 bits per heavy atom. The molecule has 1 aromatic heterocycles. The molecule has 4 aromatic carbocycles. The Bertz CT molecular complexity index is 1720. The standard InChI is InChI=1S/C32H21F2N5/c33-32(34)26-15-13-22(28-12-7-17-35-39-28)18-24(26)25-19-23(14-16-27(25)32)31-37-29(20-8-3-1-4-9-20)36-30(38-31)21-10-5-2-6-11-21/h1-19,35,39H. The van der Waals surface area contributed by atoms with Crippen LogP contribution in [0.2, 0.25) is 0 Å². The van der Waals surface area contributed by atoms with Gasteiger partial charge in [0.05, 0.1) is 5.70 Å². The Balaban J connectivity index is 1.39. The van der Waals surface area contributed by atoms with Gasteiger partial charge in [-0.15, -0.1) is 0 Å². The third-order valence-corrected chi connectivity index (χ3v) is 6.92. The molecule has 1 aliphatic carbocycles. The molecule has 2 heterocycles. The van der Waals surface area contributed by atoms with Gasteiger partial charge in [-0.3, -0.25) is 0 Å². The third kappa shape index (κ3) is 3.95. The molecule has 188 valence electrons. The number of halogens is 2. The van der Waals surface area contributed by atoms with Crippen LogP contribution in [0.1, 0.15) is 16.7 Å². The highest BCUT2D eigenvalue weighted by molar-refractivity contribution is 5.85.